The van der Waals surface area contributed by atoms with Crippen LogP contribution in [0, 0.1) is 5.92 Å². The van der Waals surface area contributed by atoms with E-state index in [2.05, 4.69) is 33.9 Å². The first-order chi connectivity index (χ1) is 16.9. The Morgan fingerprint density at radius 1 is 1.23 bits per heavy atom. The molecule has 1 aliphatic rings. The normalized spacial score (nSPS) is 13.9. The van der Waals surface area contributed by atoms with E-state index in [1.54, 1.807) is 0 Å². The number of aromatic amines is 1. The Kier molecular flexibility index (Phi) is 6.02. The maximum Gasteiger partial charge on any atom is 0.278 e. The molecule has 0 saturated carbocycles. The number of nitrogens with one attached hydrogen (secondary N) is 1. The Hall–Kier alpha value is -4.08. The molecule has 0 radical (unpaired) electrons. The molecule has 4 heterocycles. The third kappa shape index (κ3) is 4.39. The summed E-state index contributed by atoms with van der Waals surface area (Å²) in [4.78, 5) is 39.2. The highest BCUT2D eigenvalue weighted by Gasteiger charge is 2.35. The molecule has 0 atom stereocenters. The Morgan fingerprint density at radius 2 is 2.00 bits per heavy atom. The summed E-state index contributed by atoms with van der Waals surface area (Å²) in [6.45, 7) is 4.62. The summed E-state index contributed by atoms with van der Waals surface area (Å²) in [5, 5.41) is 4.36. The van der Waals surface area contributed by atoms with Crippen LogP contribution >= 0.6 is 0 Å². The number of carbonyl (C=O) groups excluding carboxylic acids is 1. The van der Waals surface area contributed by atoms with E-state index in [1.165, 1.54) is 35.1 Å². The van der Waals surface area contributed by atoms with Crippen molar-refractivity contribution in [1.82, 2.24) is 29.5 Å². The number of amides is 1. The fraction of sp³-hybridized carbons (Fsp3) is 0.320. The molecule has 1 aromatic carbocycles. The molecule has 0 aliphatic carbocycles. The zero-order valence-corrected chi connectivity index (χ0v) is 19.4. The lowest BCUT2D eigenvalue weighted by Crippen LogP contribution is -2.50. The largest absolute Gasteiger partial charge is 0.474 e. The van der Waals surface area contributed by atoms with Crippen LogP contribution in [-0.2, 0) is 6.61 Å². The fourth-order valence-corrected chi connectivity index (χ4v) is 4.05. The summed E-state index contributed by atoms with van der Waals surface area (Å²) in [5.74, 6) is 0.0974. The van der Waals surface area contributed by atoms with Gasteiger partial charge in [-0.25, -0.2) is 0 Å². The van der Waals surface area contributed by atoms with Crippen LogP contribution in [0.3, 0.4) is 0 Å². The Balaban J connectivity index is 1.51. The van der Waals surface area contributed by atoms with Gasteiger partial charge < -0.3 is 14.6 Å². The minimum absolute atomic E-state index is 0.173. The van der Waals surface area contributed by atoms with Crippen molar-refractivity contribution < 1.29 is 13.9 Å². The molecular weight excluding hydrogens is 451 g/mol. The SMILES string of the molecule is CC(C)c1ccc(COc2cc(=O)n3nc(-c4cnccn4)c(C(=O)N4CC(CF)C4)c3[nH]2)cc1. The number of rotatable bonds is 7. The Bertz CT molecular complexity index is 1410. The standard InChI is InChI=1S/C25H25FN6O3/c1-15(2)18-5-3-16(4-6-18)14-35-20-9-21(33)32-24(29-20)22(25(34)31-12-17(10-26)13-31)23(30-32)19-11-27-7-8-28-19/h3-9,11,15,17,29H,10,12-14H2,1-2H3. The summed E-state index contributed by atoms with van der Waals surface area (Å²) in [5.41, 5.74) is 2.65. The van der Waals surface area contributed by atoms with Gasteiger partial charge in [0.25, 0.3) is 11.5 Å². The topological polar surface area (TPSA) is 105 Å². The van der Waals surface area contributed by atoms with Gasteiger partial charge in [-0.15, -0.1) is 0 Å². The minimum atomic E-state index is -0.484. The van der Waals surface area contributed by atoms with E-state index in [0.717, 1.165) is 10.1 Å². The third-order valence-corrected chi connectivity index (χ3v) is 6.11. The third-order valence-electron chi connectivity index (χ3n) is 6.11. The van der Waals surface area contributed by atoms with Gasteiger partial charge in [0.15, 0.2) is 11.5 Å². The number of fused-ring (bicyclic) bond motifs is 1. The second kappa shape index (κ2) is 9.28. The average molecular weight is 477 g/mol. The second-order valence-electron chi connectivity index (χ2n) is 8.96. The van der Waals surface area contributed by atoms with E-state index in [4.69, 9.17) is 4.74 Å². The van der Waals surface area contributed by atoms with Gasteiger partial charge in [0.1, 0.15) is 23.6 Å². The van der Waals surface area contributed by atoms with Crippen molar-refractivity contribution in [3.63, 3.8) is 0 Å². The van der Waals surface area contributed by atoms with E-state index < -0.39 is 12.2 Å². The average Bonchev–Trinajstić information content (AvgIpc) is 3.23. The van der Waals surface area contributed by atoms with Gasteiger partial charge in [0, 0.05) is 31.4 Å². The zero-order valence-electron chi connectivity index (χ0n) is 19.4. The van der Waals surface area contributed by atoms with Gasteiger partial charge in [0.2, 0.25) is 0 Å². The van der Waals surface area contributed by atoms with Crippen LogP contribution in [0.2, 0.25) is 0 Å². The number of carbonyl (C=O) groups is 1. The number of likely N-dealkylation sites (tertiary alicyclic amines) is 1. The van der Waals surface area contributed by atoms with Crippen molar-refractivity contribution in [3.05, 3.63) is 76.0 Å². The van der Waals surface area contributed by atoms with Gasteiger partial charge in [-0.1, -0.05) is 38.1 Å². The highest BCUT2D eigenvalue weighted by Crippen LogP contribution is 2.28. The molecule has 35 heavy (non-hydrogen) atoms. The zero-order chi connectivity index (χ0) is 24.5. The number of H-pyrrole nitrogens is 1. The van der Waals surface area contributed by atoms with Crippen LogP contribution < -0.4 is 10.3 Å². The molecular formula is C25H25FN6O3. The summed E-state index contributed by atoms with van der Waals surface area (Å²) in [6, 6.07) is 9.36. The van der Waals surface area contributed by atoms with Crippen LogP contribution in [0.25, 0.3) is 17.0 Å². The second-order valence-corrected chi connectivity index (χ2v) is 8.96. The molecule has 0 unspecified atom stereocenters. The van der Waals surface area contributed by atoms with E-state index in [0.29, 0.717) is 24.7 Å². The molecule has 1 saturated heterocycles. The highest BCUT2D eigenvalue weighted by molar-refractivity contribution is 6.05. The first kappa shape index (κ1) is 22.7. The predicted octanol–water partition coefficient (Wildman–Crippen LogP) is 3.22. The smallest absolute Gasteiger partial charge is 0.278 e. The van der Waals surface area contributed by atoms with Gasteiger partial charge in [-0.2, -0.15) is 9.61 Å². The minimum Gasteiger partial charge on any atom is -0.474 e. The predicted molar refractivity (Wildman–Crippen MR) is 127 cm³/mol. The van der Waals surface area contributed by atoms with Crippen molar-refractivity contribution in [1.29, 1.82) is 0 Å². The van der Waals surface area contributed by atoms with Crippen LogP contribution in [0.4, 0.5) is 4.39 Å². The van der Waals surface area contributed by atoms with Crippen molar-refractivity contribution in [2.24, 2.45) is 5.92 Å². The number of aromatic nitrogens is 5. The van der Waals surface area contributed by atoms with Crippen molar-refractivity contribution >= 4 is 11.6 Å². The van der Waals surface area contributed by atoms with E-state index in [1.807, 2.05) is 24.3 Å². The summed E-state index contributed by atoms with van der Waals surface area (Å²) >= 11 is 0. The van der Waals surface area contributed by atoms with Crippen LogP contribution in [0.15, 0.2) is 53.7 Å². The summed E-state index contributed by atoms with van der Waals surface area (Å²) in [6.07, 6.45) is 4.46. The first-order valence-electron chi connectivity index (χ1n) is 11.4. The van der Waals surface area contributed by atoms with E-state index in [9.17, 15) is 14.0 Å². The number of halogens is 1. The molecule has 5 rings (SSSR count). The maximum atomic E-state index is 13.4. The highest BCUT2D eigenvalue weighted by atomic mass is 19.1. The number of alkyl halides is 1. The molecule has 0 spiro atoms. The van der Waals surface area contributed by atoms with E-state index in [-0.39, 0.29) is 41.2 Å². The lowest BCUT2D eigenvalue weighted by molar-refractivity contribution is 0.0455. The maximum absolute atomic E-state index is 13.4. The molecule has 1 N–H and O–H groups in total. The molecule has 1 fully saturated rings. The quantitative estimate of drug-likeness (QED) is 0.439. The lowest BCUT2D eigenvalue weighted by Gasteiger charge is -2.37. The van der Waals surface area contributed by atoms with Gasteiger partial charge in [0.05, 0.1) is 18.9 Å². The summed E-state index contributed by atoms with van der Waals surface area (Å²) < 4.78 is 20.0. The number of ether oxygens (including phenoxy) is 1. The van der Waals surface area contributed by atoms with Gasteiger partial charge in [-0.05, 0) is 17.0 Å². The molecule has 0 bridgehead atoms. The monoisotopic (exact) mass is 476 g/mol. The molecule has 3 aromatic heterocycles. The molecule has 180 valence electrons. The first-order valence-corrected chi connectivity index (χ1v) is 11.4. The fourth-order valence-electron chi connectivity index (χ4n) is 4.05. The Morgan fingerprint density at radius 3 is 2.66 bits per heavy atom. The Labute approximate surface area is 200 Å². The van der Waals surface area contributed by atoms with Gasteiger partial charge in [-0.3, -0.25) is 23.9 Å². The number of benzene rings is 1. The number of hydrogen-bond donors (Lipinski definition) is 1. The molecule has 1 aliphatic heterocycles. The van der Waals surface area contributed by atoms with Crippen LogP contribution in [0.1, 0.15) is 41.3 Å². The number of nitrogens with zero attached hydrogens (tertiary/aromatic N) is 5. The van der Waals surface area contributed by atoms with Crippen LogP contribution in [-0.4, -0.2) is 55.1 Å². The number of hydrogen-bond acceptors (Lipinski definition) is 6. The molecule has 9 nitrogen and oxygen atoms in total. The van der Waals surface area contributed by atoms with Crippen LogP contribution in [0.5, 0.6) is 5.88 Å². The molecule has 10 heteroatoms. The van der Waals surface area contributed by atoms with Crippen molar-refractivity contribution in [2.75, 3.05) is 19.8 Å². The van der Waals surface area contributed by atoms with E-state index >= 15 is 0 Å². The lowest BCUT2D eigenvalue weighted by atomic mass is 10.00. The van der Waals surface area contributed by atoms with Gasteiger partial charge >= 0.3 is 0 Å². The summed E-state index contributed by atoms with van der Waals surface area (Å²) in [7, 11) is 0. The van der Waals surface area contributed by atoms with Crippen molar-refractivity contribution in [2.45, 2.75) is 26.4 Å². The molecule has 4 aromatic rings. The van der Waals surface area contributed by atoms with Crippen molar-refractivity contribution in [3.8, 4) is 17.3 Å². The molecule has 1 amide bonds.